The van der Waals surface area contributed by atoms with Crippen molar-refractivity contribution < 1.29 is 9.90 Å². The second kappa shape index (κ2) is 7.06. The highest BCUT2D eigenvalue weighted by molar-refractivity contribution is 6.30. The van der Waals surface area contributed by atoms with Gasteiger partial charge < -0.3 is 10.0 Å². The van der Waals surface area contributed by atoms with Crippen LogP contribution in [0.15, 0.2) is 36.7 Å². The second-order valence-electron chi connectivity index (χ2n) is 5.65. The molecule has 2 aromatic rings. The van der Waals surface area contributed by atoms with E-state index in [1.807, 2.05) is 24.3 Å². The van der Waals surface area contributed by atoms with E-state index in [4.69, 9.17) is 21.7 Å². The van der Waals surface area contributed by atoms with E-state index in [1.165, 1.54) is 0 Å². The van der Waals surface area contributed by atoms with E-state index in [2.05, 4.69) is 4.98 Å². The lowest BCUT2D eigenvalue weighted by Crippen LogP contribution is -2.39. The molecule has 1 aromatic heterocycles. The Bertz CT molecular complexity index is 700. The molecule has 0 saturated carbocycles. The topological polar surface area (TPSA) is 66.3 Å². The van der Waals surface area contributed by atoms with Crippen molar-refractivity contribution in [3.05, 3.63) is 47.4 Å². The van der Waals surface area contributed by atoms with Gasteiger partial charge in [-0.1, -0.05) is 23.7 Å². The number of benzene rings is 1. The minimum atomic E-state index is -0.422. The summed E-state index contributed by atoms with van der Waals surface area (Å²) in [6, 6.07) is 7.56. The summed E-state index contributed by atoms with van der Waals surface area (Å²) in [6.07, 6.45) is 5.20. The number of carbonyl (C=O) groups is 1. The number of aromatic nitrogens is 2. The quantitative estimate of drug-likeness (QED) is 0.938. The number of aliphatic hydroxyl groups is 1. The molecule has 120 valence electrons. The first kappa shape index (κ1) is 15.9. The third kappa shape index (κ3) is 3.68. The van der Waals surface area contributed by atoms with Crippen LogP contribution in [0.2, 0.25) is 5.02 Å². The van der Waals surface area contributed by atoms with Crippen LogP contribution in [0.1, 0.15) is 24.5 Å². The van der Waals surface area contributed by atoms with E-state index in [0.29, 0.717) is 18.1 Å². The Balaban J connectivity index is 1.75. The number of hydrogen-bond donors (Lipinski definition) is 1. The minimum Gasteiger partial charge on any atom is -0.387 e. The summed E-state index contributed by atoms with van der Waals surface area (Å²) in [5.74, 6) is 0.0755. The Morgan fingerprint density at radius 3 is 2.78 bits per heavy atom. The van der Waals surface area contributed by atoms with Crippen molar-refractivity contribution in [1.29, 1.82) is 0 Å². The zero-order chi connectivity index (χ0) is 16.2. The van der Waals surface area contributed by atoms with Gasteiger partial charge in [0.2, 0.25) is 5.91 Å². The largest absolute Gasteiger partial charge is 0.387 e. The molecular formula is C17H18ClN3O2. The van der Waals surface area contributed by atoms with E-state index in [1.54, 1.807) is 17.3 Å². The van der Waals surface area contributed by atoms with Crippen LogP contribution >= 0.6 is 11.6 Å². The van der Waals surface area contributed by atoms with Crippen LogP contribution in [0.3, 0.4) is 0 Å². The summed E-state index contributed by atoms with van der Waals surface area (Å²) >= 11 is 6.04. The first-order valence-electron chi connectivity index (χ1n) is 7.64. The Kier molecular flexibility index (Phi) is 4.88. The van der Waals surface area contributed by atoms with Crippen molar-refractivity contribution in [3.63, 3.8) is 0 Å². The number of hydrogen-bond acceptors (Lipinski definition) is 4. The normalized spacial score (nSPS) is 15.7. The van der Waals surface area contributed by atoms with E-state index in [9.17, 15) is 4.79 Å². The maximum Gasteiger partial charge on any atom is 0.248 e. The fourth-order valence-electron chi connectivity index (χ4n) is 2.89. The molecule has 1 fully saturated rings. The summed E-state index contributed by atoms with van der Waals surface area (Å²) in [4.78, 5) is 22.2. The molecular weight excluding hydrogens is 314 g/mol. The maximum absolute atomic E-state index is 11.5. The van der Waals surface area contributed by atoms with Gasteiger partial charge in [-0.15, -0.1) is 0 Å². The second-order valence-corrected chi connectivity index (χ2v) is 6.09. The Morgan fingerprint density at radius 1 is 1.30 bits per heavy atom. The lowest BCUT2D eigenvalue weighted by molar-refractivity contribution is -0.135. The first-order chi connectivity index (χ1) is 11.2. The molecule has 1 saturated heterocycles. The van der Waals surface area contributed by atoms with E-state index in [-0.39, 0.29) is 11.8 Å². The van der Waals surface area contributed by atoms with Gasteiger partial charge in [0.1, 0.15) is 6.61 Å². The number of piperidine rings is 1. The Morgan fingerprint density at radius 2 is 2.09 bits per heavy atom. The number of likely N-dealkylation sites (tertiary alicyclic amines) is 1. The third-order valence-corrected chi connectivity index (χ3v) is 4.41. The number of aliphatic hydroxyl groups excluding tert-OH is 1. The van der Waals surface area contributed by atoms with Gasteiger partial charge in [0, 0.05) is 35.8 Å². The molecule has 0 atom stereocenters. The van der Waals surface area contributed by atoms with Crippen molar-refractivity contribution in [1.82, 2.24) is 14.9 Å². The van der Waals surface area contributed by atoms with E-state index < -0.39 is 6.61 Å². The monoisotopic (exact) mass is 331 g/mol. The van der Waals surface area contributed by atoms with Crippen LogP contribution in [-0.2, 0) is 4.79 Å². The Labute approximate surface area is 139 Å². The van der Waals surface area contributed by atoms with Gasteiger partial charge in [-0.2, -0.15) is 0 Å². The van der Waals surface area contributed by atoms with Gasteiger partial charge in [0.15, 0.2) is 0 Å². The fraction of sp³-hybridized carbons (Fsp3) is 0.353. The van der Waals surface area contributed by atoms with Crippen molar-refractivity contribution >= 4 is 17.5 Å². The number of nitrogens with zero attached hydrogens (tertiary/aromatic N) is 3. The summed E-state index contributed by atoms with van der Waals surface area (Å²) in [5, 5.41) is 9.60. The lowest BCUT2D eigenvalue weighted by Gasteiger charge is -2.31. The van der Waals surface area contributed by atoms with Crippen LogP contribution in [0.5, 0.6) is 0 Å². The molecule has 0 aliphatic carbocycles. The van der Waals surface area contributed by atoms with Crippen molar-refractivity contribution in [3.8, 4) is 11.3 Å². The molecule has 1 aliphatic rings. The first-order valence-corrected chi connectivity index (χ1v) is 8.01. The van der Waals surface area contributed by atoms with Crippen molar-refractivity contribution in [2.75, 3.05) is 19.7 Å². The van der Waals surface area contributed by atoms with Gasteiger partial charge in [-0.3, -0.25) is 9.78 Å². The molecule has 0 spiro atoms. The number of rotatable bonds is 3. The van der Waals surface area contributed by atoms with Gasteiger partial charge in [0.25, 0.3) is 0 Å². The van der Waals surface area contributed by atoms with Crippen LogP contribution in [-0.4, -0.2) is 45.6 Å². The highest BCUT2D eigenvalue weighted by Gasteiger charge is 2.24. The van der Waals surface area contributed by atoms with Gasteiger partial charge in [-0.05, 0) is 25.0 Å². The van der Waals surface area contributed by atoms with Crippen LogP contribution in [0, 0.1) is 0 Å². The average Bonchev–Trinajstić information content (AvgIpc) is 2.61. The predicted octanol–water partition coefficient (Wildman–Crippen LogP) is 2.50. The summed E-state index contributed by atoms with van der Waals surface area (Å²) in [6.45, 7) is 0.870. The fourth-order valence-corrected chi connectivity index (χ4v) is 3.08. The molecule has 5 nitrogen and oxygen atoms in total. The standard InChI is InChI=1S/C17H18ClN3O2/c18-14-3-1-2-13(8-14)16-10-19-9-15(20-16)12-4-6-21(7-5-12)17(23)11-22/h1-3,8-10,12,22H,4-7,11H2. The average molecular weight is 332 g/mol. The summed E-state index contributed by atoms with van der Waals surface area (Å²) < 4.78 is 0. The van der Waals surface area contributed by atoms with Gasteiger partial charge in [0.05, 0.1) is 17.6 Å². The summed E-state index contributed by atoms with van der Waals surface area (Å²) in [7, 11) is 0. The minimum absolute atomic E-state index is 0.206. The molecule has 2 heterocycles. The molecule has 0 bridgehead atoms. The predicted molar refractivity (Wildman–Crippen MR) is 88.1 cm³/mol. The van der Waals surface area contributed by atoms with Crippen LogP contribution in [0.25, 0.3) is 11.3 Å². The Hall–Kier alpha value is -1.98. The number of amides is 1. The molecule has 1 amide bonds. The molecule has 6 heteroatoms. The van der Waals surface area contributed by atoms with Crippen molar-refractivity contribution in [2.45, 2.75) is 18.8 Å². The molecule has 0 radical (unpaired) electrons. The highest BCUT2D eigenvalue weighted by atomic mass is 35.5. The molecule has 1 aliphatic heterocycles. The number of halogens is 1. The molecule has 1 aromatic carbocycles. The van der Waals surface area contributed by atoms with Crippen molar-refractivity contribution in [2.24, 2.45) is 0 Å². The smallest absolute Gasteiger partial charge is 0.248 e. The van der Waals surface area contributed by atoms with Crippen LogP contribution < -0.4 is 0 Å². The van der Waals surface area contributed by atoms with Gasteiger partial charge >= 0.3 is 0 Å². The zero-order valence-corrected chi connectivity index (χ0v) is 13.4. The zero-order valence-electron chi connectivity index (χ0n) is 12.7. The van der Waals surface area contributed by atoms with Gasteiger partial charge in [-0.25, -0.2) is 4.98 Å². The molecule has 23 heavy (non-hydrogen) atoms. The van der Waals surface area contributed by atoms with E-state index in [0.717, 1.165) is 29.8 Å². The molecule has 3 rings (SSSR count). The van der Waals surface area contributed by atoms with E-state index >= 15 is 0 Å². The molecule has 0 unspecified atom stereocenters. The maximum atomic E-state index is 11.5. The molecule has 1 N–H and O–H groups in total. The lowest BCUT2D eigenvalue weighted by atomic mass is 9.93. The highest BCUT2D eigenvalue weighted by Crippen LogP contribution is 2.28. The number of carbonyl (C=O) groups excluding carboxylic acids is 1. The third-order valence-electron chi connectivity index (χ3n) is 4.17. The van der Waals surface area contributed by atoms with Crippen LogP contribution in [0.4, 0.5) is 0 Å². The summed E-state index contributed by atoms with van der Waals surface area (Å²) in [5.41, 5.74) is 2.69. The SMILES string of the molecule is O=C(CO)N1CCC(c2cncc(-c3cccc(Cl)c3)n2)CC1.